The first-order chi connectivity index (χ1) is 20.5. The van der Waals surface area contributed by atoms with Crippen LogP contribution in [0.5, 0.6) is 0 Å². The number of aliphatic hydroxyl groups excluding tert-OH is 2. The number of aromatic nitrogens is 1. The number of rotatable bonds is 6. The molecule has 1 aromatic rings. The molecule has 4 aliphatic carbocycles. The van der Waals surface area contributed by atoms with Crippen molar-refractivity contribution in [2.24, 2.45) is 34.5 Å². The zero-order valence-corrected chi connectivity index (χ0v) is 24.7. The van der Waals surface area contributed by atoms with Crippen LogP contribution in [0.1, 0.15) is 71.0 Å². The van der Waals surface area contributed by atoms with Crippen molar-refractivity contribution in [3.8, 4) is 0 Å². The van der Waals surface area contributed by atoms with Crippen LogP contribution in [-0.4, -0.2) is 63.4 Å². The van der Waals surface area contributed by atoms with E-state index in [4.69, 9.17) is 18.9 Å². The third-order valence-corrected chi connectivity index (χ3v) is 11.1. The van der Waals surface area contributed by atoms with E-state index < -0.39 is 52.7 Å². The highest BCUT2D eigenvalue weighted by molar-refractivity contribution is 5.88. The van der Waals surface area contributed by atoms with Crippen molar-refractivity contribution in [2.75, 3.05) is 6.61 Å². The highest BCUT2D eigenvalue weighted by Crippen LogP contribution is 2.65. The summed E-state index contributed by atoms with van der Waals surface area (Å²) in [5.41, 5.74) is -2.31. The maximum atomic E-state index is 14.3. The van der Waals surface area contributed by atoms with E-state index in [1.165, 1.54) is 6.26 Å². The van der Waals surface area contributed by atoms with Gasteiger partial charge in [-0.3, -0.25) is 19.4 Å². The number of fused-ring (bicyclic) bond motifs is 4. The Bertz CT molecular complexity index is 1400. The van der Waals surface area contributed by atoms with E-state index in [9.17, 15) is 24.6 Å². The van der Waals surface area contributed by atoms with Gasteiger partial charge in [-0.15, -0.1) is 0 Å². The number of ketones is 1. The van der Waals surface area contributed by atoms with Crippen LogP contribution in [0.15, 0.2) is 48.2 Å². The summed E-state index contributed by atoms with van der Waals surface area (Å²) in [6.45, 7) is 5.38. The van der Waals surface area contributed by atoms with Crippen molar-refractivity contribution >= 4 is 17.7 Å². The number of hydrogen-bond acceptors (Lipinski definition) is 10. The molecular formula is C33H39NO9. The zero-order chi connectivity index (χ0) is 30.3. The Morgan fingerprint density at radius 1 is 1.09 bits per heavy atom. The first kappa shape index (κ1) is 28.5. The van der Waals surface area contributed by atoms with Gasteiger partial charge in [0.25, 0.3) is 0 Å². The molecule has 0 bridgehead atoms. The predicted octanol–water partition coefficient (Wildman–Crippen LogP) is 3.33. The molecule has 0 aromatic carbocycles. The van der Waals surface area contributed by atoms with E-state index >= 15 is 0 Å². The zero-order valence-electron chi connectivity index (χ0n) is 24.7. The number of aliphatic hydroxyl groups is 2. The number of nitrogens with zero attached hydrogens (tertiary/aromatic N) is 1. The van der Waals surface area contributed by atoms with Gasteiger partial charge in [0, 0.05) is 47.2 Å². The van der Waals surface area contributed by atoms with Crippen LogP contribution in [-0.2, 0) is 33.3 Å². The fourth-order valence-corrected chi connectivity index (χ4v) is 8.17. The van der Waals surface area contributed by atoms with Crippen molar-refractivity contribution in [3.63, 3.8) is 0 Å². The summed E-state index contributed by atoms with van der Waals surface area (Å²) >= 11 is 0. The summed E-state index contributed by atoms with van der Waals surface area (Å²) in [7, 11) is 0. The number of Topliss-reactive ketones (excluding diaryl/α,β-unsaturated/α-hetero) is 1. The molecule has 0 amide bonds. The third-order valence-electron chi connectivity index (χ3n) is 11.1. The summed E-state index contributed by atoms with van der Waals surface area (Å²) in [5.74, 6) is -2.16. The third kappa shape index (κ3) is 4.43. The van der Waals surface area contributed by atoms with E-state index in [-0.39, 0.29) is 49.0 Å². The number of ether oxygens (including phenoxy) is 4. The van der Waals surface area contributed by atoms with Gasteiger partial charge in [-0.05, 0) is 51.0 Å². The Morgan fingerprint density at radius 2 is 1.81 bits per heavy atom. The van der Waals surface area contributed by atoms with Crippen LogP contribution < -0.4 is 0 Å². The van der Waals surface area contributed by atoms with Crippen LogP contribution in [0.2, 0.25) is 0 Å². The van der Waals surface area contributed by atoms with Crippen LogP contribution in [0.4, 0.5) is 0 Å². The number of hydrogen-bond donors (Lipinski definition) is 2. The molecule has 1 unspecified atom stereocenters. The molecule has 5 fully saturated rings. The minimum absolute atomic E-state index is 0.0602. The summed E-state index contributed by atoms with van der Waals surface area (Å²) in [5, 5.41) is 23.8. The summed E-state index contributed by atoms with van der Waals surface area (Å²) in [4.78, 5) is 44.0. The van der Waals surface area contributed by atoms with Crippen molar-refractivity contribution in [2.45, 2.75) is 89.3 Å². The molecule has 4 saturated carbocycles. The Hall–Kier alpha value is -3.24. The van der Waals surface area contributed by atoms with Gasteiger partial charge in [0.05, 0.1) is 35.9 Å². The lowest BCUT2D eigenvalue weighted by Gasteiger charge is -2.65. The first-order valence-corrected chi connectivity index (χ1v) is 15.4. The summed E-state index contributed by atoms with van der Waals surface area (Å²) in [6.07, 6.45) is 6.11. The summed E-state index contributed by atoms with van der Waals surface area (Å²) in [6, 6.07) is 3.68. The van der Waals surface area contributed by atoms with Crippen LogP contribution >= 0.6 is 0 Å². The molecule has 0 radical (unpaired) electrons. The molecule has 7 rings (SSSR count). The van der Waals surface area contributed by atoms with E-state index in [1.54, 1.807) is 31.5 Å². The second-order valence-electron chi connectivity index (χ2n) is 14.0. The first-order valence-electron chi connectivity index (χ1n) is 15.4. The van der Waals surface area contributed by atoms with Gasteiger partial charge in [-0.1, -0.05) is 19.9 Å². The number of carbonyl (C=O) groups is 3. The molecule has 0 spiro atoms. The highest BCUT2D eigenvalue weighted by atomic mass is 16.6. The quantitative estimate of drug-likeness (QED) is 0.472. The molecule has 6 aliphatic rings. The molecule has 1 aromatic heterocycles. The molecular weight excluding hydrogens is 554 g/mol. The molecule has 2 aliphatic heterocycles. The topological polar surface area (TPSA) is 141 Å². The Kier molecular flexibility index (Phi) is 6.56. The minimum atomic E-state index is -1.32. The smallest absolute Gasteiger partial charge is 0.309 e. The Balaban J connectivity index is 1.25. The van der Waals surface area contributed by atoms with Gasteiger partial charge in [0.2, 0.25) is 0 Å². The Morgan fingerprint density at radius 3 is 2.49 bits per heavy atom. The molecule has 230 valence electrons. The van der Waals surface area contributed by atoms with Crippen molar-refractivity contribution < 1.29 is 43.5 Å². The molecule has 2 N–H and O–H groups in total. The van der Waals surface area contributed by atoms with Gasteiger partial charge in [0.15, 0.2) is 0 Å². The Labute approximate surface area is 250 Å². The van der Waals surface area contributed by atoms with Crippen molar-refractivity contribution in [1.82, 2.24) is 4.98 Å². The largest absolute Gasteiger partial charge is 0.488 e. The minimum Gasteiger partial charge on any atom is -0.488 e. The van der Waals surface area contributed by atoms with Crippen LogP contribution in [0.3, 0.4) is 0 Å². The molecule has 10 heteroatoms. The second-order valence-corrected chi connectivity index (χ2v) is 14.0. The average Bonchev–Trinajstić information content (AvgIpc) is 3.90. The lowest BCUT2D eigenvalue weighted by atomic mass is 9.42. The summed E-state index contributed by atoms with van der Waals surface area (Å²) < 4.78 is 24.4. The number of carbonyl (C=O) groups excluding carboxylic acids is 3. The van der Waals surface area contributed by atoms with Gasteiger partial charge in [-0.2, -0.15) is 0 Å². The van der Waals surface area contributed by atoms with Gasteiger partial charge >= 0.3 is 11.9 Å². The van der Waals surface area contributed by atoms with Crippen LogP contribution in [0.25, 0.3) is 0 Å². The second kappa shape index (κ2) is 9.89. The highest BCUT2D eigenvalue weighted by Gasteiger charge is 2.73. The van der Waals surface area contributed by atoms with Crippen LogP contribution in [0, 0.1) is 34.5 Å². The maximum absolute atomic E-state index is 14.3. The van der Waals surface area contributed by atoms with Gasteiger partial charge in [-0.25, -0.2) is 0 Å². The number of pyridine rings is 1. The number of esters is 2. The fourth-order valence-electron chi connectivity index (χ4n) is 8.17. The van der Waals surface area contributed by atoms with E-state index in [1.807, 2.05) is 19.9 Å². The monoisotopic (exact) mass is 593 g/mol. The lowest BCUT2D eigenvalue weighted by Crippen LogP contribution is -2.73. The normalized spacial score (nSPS) is 41.7. The standard InChI is InChI=1S/C33H39NO9/c1-31(16-41-29(38)17-6-7-17)23-12-25(36)33(3)28(32(23,2)24(35)13-26(31)42-30(39)18-8-9-18)27(37)20-15-40-21(11-22(20)43-33)19-5-4-10-34-14-19/h4-5,10-11,14-15,17-18,21,23,25-28,36-37H,6-9,12-13,16H2,1-3H3/t21?,23-,25+,26+,27+,28-,31+,32-,33-/m1/s1. The SMILES string of the molecule is C[C@@]1(COC(=O)C2CC2)[C@@H](OC(=O)C2CC2)CC(=O)[C@@]2(C)[C@@H]1C[C@H](O)[C@@]1(C)OC3=CC(c4cccnc4)OC=C3[C@H](O)[C@@H]12. The average molecular weight is 594 g/mol. The van der Waals surface area contributed by atoms with Gasteiger partial charge < -0.3 is 29.2 Å². The fraction of sp³-hybridized carbons (Fsp3) is 0.636. The van der Waals surface area contributed by atoms with Crippen molar-refractivity contribution in [1.29, 1.82) is 0 Å². The van der Waals surface area contributed by atoms with Gasteiger partial charge in [0.1, 0.15) is 36.0 Å². The molecule has 10 nitrogen and oxygen atoms in total. The van der Waals surface area contributed by atoms with E-state index in [2.05, 4.69) is 4.98 Å². The van der Waals surface area contributed by atoms with Crippen molar-refractivity contribution in [3.05, 3.63) is 53.8 Å². The molecule has 3 heterocycles. The molecule has 1 saturated heterocycles. The molecule has 43 heavy (non-hydrogen) atoms. The molecule has 9 atom stereocenters. The lowest BCUT2D eigenvalue weighted by molar-refractivity contribution is -0.265. The maximum Gasteiger partial charge on any atom is 0.309 e. The van der Waals surface area contributed by atoms with E-state index in [0.29, 0.717) is 11.3 Å². The van der Waals surface area contributed by atoms with E-state index in [0.717, 1.165) is 31.2 Å². The predicted molar refractivity (Wildman–Crippen MR) is 149 cm³/mol.